The van der Waals surface area contributed by atoms with Gasteiger partial charge in [-0.25, -0.2) is 4.39 Å². The number of nitrogens with two attached hydrogens (primary N) is 1. The highest BCUT2D eigenvalue weighted by Crippen LogP contribution is 2.22. The third kappa shape index (κ3) is 2.92. The predicted molar refractivity (Wildman–Crippen MR) is 66.4 cm³/mol. The fraction of sp³-hybridized carbons (Fsp3) is 0.385. The lowest BCUT2D eigenvalue weighted by Gasteiger charge is -2.14. The fourth-order valence-electron chi connectivity index (χ4n) is 1.66. The Morgan fingerprint density at radius 1 is 1.39 bits per heavy atom. The highest BCUT2D eigenvalue weighted by Gasteiger charge is 2.18. The Morgan fingerprint density at radius 2 is 2.11 bits per heavy atom. The van der Waals surface area contributed by atoms with Crippen LogP contribution in [0.25, 0.3) is 11.4 Å². The summed E-state index contributed by atoms with van der Waals surface area (Å²) in [7, 11) is 0. The van der Waals surface area contributed by atoms with Crippen molar-refractivity contribution < 1.29 is 8.91 Å². The minimum absolute atomic E-state index is 0.318. The van der Waals surface area contributed by atoms with Crippen LogP contribution in [0.4, 0.5) is 4.39 Å². The van der Waals surface area contributed by atoms with Gasteiger partial charge in [0.25, 0.3) is 0 Å². The number of halogens is 1. The standard InChI is InChI=1S/C13H16FN3O/c1-8-4-5-9(14)6-10(8)12-16-11(18-17-12)7-13(2,3)15/h4-6H,7,15H2,1-3H3. The van der Waals surface area contributed by atoms with E-state index in [1.807, 2.05) is 20.8 Å². The van der Waals surface area contributed by atoms with E-state index in [2.05, 4.69) is 10.1 Å². The zero-order valence-corrected chi connectivity index (χ0v) is 10.7. The van der Waals surface area contributed by atoms with Crippen LogP contribution >= 0.6 is 0 Å². The van der Waals surface area contributed by atoms with Gasteiger partial charge in [0, 0.05) is 17.5 Å². The summed E-state index contributed by atoms with van der Waals surface area (Å²) in [4.78, 5) is 4.24. The molecule has 0 bridgehead atoms. The van der Waals surface area contributed by atoms with Crippen molar-refractivity contribution in [1.82, 2.24) is 10.1 Å². The van der Waals surface area contributed by atoms with Crippen LogP contribution in [0.5, 0.6) is 0 Å². The van der Waals surface area contributed by atoms with E-state index in [0.717, 1.165) is 5.56 Å². The lowest BCUT2D eigenvalue weighted by atomic mass is 10.0. The molecule has 0 aliphatic carbocycles. The van der Waals surface area contributed by atoms with Crippen molar-refractivity contribution in [2.24, 2.45) is 5.73 Å². The number of aryl methyl sites for hydroxylation is 1. The quantitative estimate of drug-likeness (QED) is 0.907. The van der Waals surface area contributed by atoms with Gasteiger partial charge in [0.05, 0.1) is 0 Å². The Balaban J connectivity index is 2.32. The van der Waals surface area contributed by atoms with Crippen LogP contribution < -0.4 is 5.73 Å². The van der Waals surface area contributed by atoms with Crippen LogP contribution in [0.1, 0.15) is 25.3 Å². The predicted octanol–water partition coefficient (Wildman–Crippen LogP) is 2.46. The molecule has 0 saturated carbocycles. The van der Waals surface area contributed by atoms with Crippen molar-refractivity contribution in [1.29, 1.82) is 0 Å². The van der Waals surface area contributed by atoms with Crippen LogP contribution in [-0.4, -0.2) is 15.7 Å². The molecule has 18 heavy (non-hydrogen) atoms. The average Bonchev–Trinajstić information content (AvgIpc) is 2.67. The molecule has 1 aromatic carbocycles. The summed E-state index contributed by atoms with van der Waals surface area (Å²) in [6.45, 7) is 5.63. The summed E-state index contributed by atoms with van der Waals surface area (Å²) in [5.74, 6) is 0.536. The first-order valence-electron chi connectivity index (χ1n) is 5.73. The second-order valence-electron chi connectivity index (χ2n) is 5.14. The summed E-state index contributed by atoms with van der Waals surface area (Å²) in [5.41, 5.74) is 7.00. The van der Waals surface area contributed by atoms with Gasteiger partial charge in [0.2, 0.25) is 11.7 Å². The molecule has 4 nitrogen and oxygen atoms in total. The fourth-order valence-corrected chi connectivity index (χ4v) is 1.66. The molecular weight excluding hydrogens is 233 g/mol. The Morgan fingerprint density at radius 3 is 2.78 bits per heavy atom. The minimum Gasteiger partial charge on any atom is -0.339 e. The van der Waals surface area contributed by atoms with Crippen molar-refractivity contribution >= 4 is 0 Å². The van der Waals surface area contributed by atoms with E-state index in [9.17, 15) is 4.39 Å². The maximum atomic E-state index is 13.2. The zero-order chi connectivity index (χ0) is 13.3. The maximum absolute atomic E-state index is 13.2. The molecule has 2 rings (SSSR count). The lowest BCUT2D eigenvalue weighted by Crippen LogP contribution is -2.34. The molecule has 1 aromatic heterocycles. The van der Waals surface area contributed by atoms with E-state index >= 15 is 0 Å². The van der Waals surface area contributed by atoms with Gasteiger partial charge in [0.1, 0.15) is 5.82 Å². The maximum Gasteiger partial charge on any atom is 0.228 e. The second kappa shape index (κ2) is 4.49. The van der Waals surface area contributed by atoms with Gasteiger partial charge < -0.3 is 10.3 Å². The third-order valence-electron chi connectivity index (χ3n) is 2.52. The lowest BCUT2D eigenvalue weighted by molar-refractivity contribution is 0.348. The van der Waals surface area contributed by atoms with Gasteiger partial charge >= 0.3 is 0 Å². The molecular formula is C13H16FN3O. The Labute approximate surface area is 105 Å². The van der Waals surface area contributed by atoms with Crippen molar-refractivity contribution in [3.63, 3.8) is 0 Å². The highest BCUT2D eigenvalue weighted by molar-refractivity contribution is 5.59. The van der Waals surface area contributed by atoms with Gasteiger partial charge in [0.15, 0.2) is 0 Å². The van der Waals surface area contributed by atoms with Crippen molar-refractivity contribution in [2.45, 2.75) is 32.7 Å². The van der Waals surface area contributed by atoms with Gasteiger partial charge in [-0.2, -0.15) is 4.98 Å². The Hall–Kier alpha value is -1.75. The van der Waals surface area contributed by atoms with Crippen molar-refractivity contribution in [3.8, 4) is 11.4 Å². The second-order valence-corrected chi connectivity index (χ2v) is 5.14. The largest absolute Gasteiger partial charge is 0.339 e. The molecule has 2 aromatic rings. The molecule has 0 fully saturated rings. The van der Waals surface area contributed by atoms with Gasteiger partial charge in [-0.15, -0.1) is 0 Å². The monoisotopic (exact) mass is 249 g/mol. The Kier molecular flexibility index (Phi) is 3.17. The number of rotatable bonds is 3. The first-order chi connectivity index (χ1) is 8.35. The highest BCUT2D eigenvalue weighted by atomic mass is 19.1. The van der Waals surface area contributed by atoms with Crippen molar-refractivity contribution in [2.75, 3.05) is 0 Å². The molecule has 2 N–H and O–H groups in total. The van der Waals surface area contributed by atoms with Crippen LogP contribution in [0.2, 0.25) is 0 Å². The number of hydrogen-bond acceptors (Lipinski definition) is 4. The molecule has 0 aliphatic rings. The van der Waals surface area contributed by atoms with Gasteiger partial charge in [-0.3, -0.25) is 0 Å². The van der Waals surface area contributed by atoms with Crippen molar-refractivity contribution in [3.05, 3.63) is 35.5 Å². The molecule has 96 valence electrons. The van der Waals surface area contributed by atoms with E-state index in [-0.39, 0.29) is 5.82 Å². The average molecular weight is 249 g/mol. The smallest absolute Gasteiger partial charge is 0.228 e. The molecule has 0 atom stereocenters. The summed E-state index contributed by atoms with van der Waals surface area (Å²) >= 11 is 0. The van der Waals surface area contributed by atoms with E-state index in [1.165, 1.54) is 12.1 Å². The first-order valence-corrected chi connectivity index (χ1v) is 5.73. The molecule has 5 heteroatoms. The number of hydrogen-bond donors (Lipinski definition) is 1. The number of aromatic nitrogens is 2. The first kappa shape index (κ1) is 12.7. The van der Waals surface area contributed by atoms with E-state index in [4.69, 9.17) is 10.3 Å². The van der Waals surface area contributed by atoms with Crippen LogP contribution in [0.15, 0.2) is 22.7 Å². The topological polar surface area (TPSA) is 64.9 Å². The molecule has 0 unspecified atom stereocenters. The minimum atomic E-state index is -0.416. The number of nitrogens with zero attached hydrogens (tertiary/aromatic N) is 2. The summed E-state index contributed by atoms with van der Waals surface area (Å²) in [5, 5.41) is 3.86. The van der Waals surface area contributed by atoms with E-state index < -0.39 is 5.54 Å². The molecule has 0 aliphatic heterocycles. The molecule has 0 saturated heterocycles. The van der Waals surface area contributed by atoms with Crippen LogP contribution in [-0.2, 0) is 6.42 Å². The zero-order valence-electron chi connectivity index (χ0n) is 10.7. The van der Waals surface area contributed by atoms with Crippen LogP contribution in [0.3, 0.4) is 0 Å². The molecule has 0 amide bonds. The molecule has 0 spiro atoms. The third-order valence-corrected chi connectivity index (χ3v) is 2.52. The summed E-state index contributed by atoms with van der Waals surface area (Å²) < 4.78 is 18.3. The van der Waals surface area contributed by atoms with Crippen LogP contribution in [0, 0.1) is 12.7 Å². The van der Waals surface area contributed by atoms with E-state index in [1.54, 1.807) is 6.07 Å². The van der Waals surface area contributed by atoms with E-state index in [0.29, 0.717) is 23.7 Å². The Bertz CT molecular complexity index is 558. The van der Waals surface area contributed by atoms with Gasteiger partial charge in [-0.1, -0.05) is 11.2 Å². The molecule has 1 heterocycles. The number of benzene rings is 1. The molecule has 0 radical (unpaired) electrons. The SMILES string of the molecule is Cc1ccc(F)cc1-c1noc(CC(C)(C)N)n1. The summed E-state index contributed by atoms with van der Waals surface area (Å²) in [6, 6.07) is 4.49. The van der Waals surface area contributed by atoms with Gasteiger partial charge in [-0.05, 0) is 38.5 Å². The normalized spacial score (nSPS) is 11.8. The summed E-state index contributed by atoms with van der Waals surface area (Å²) in [6.07, 6.45) is 0.481.